The number of benzene rings is 1. The predicted octanol–water partition coefficient (Wildman–Crippen LogP) is 1.50. The van der Waals surface area contributed by atoms with E-state index >= 15 is 0 Å². The molecular weight excluding hydrogens is 323 g/mol. The van der Waals surface area contributed by atoms with Gasteiger partial charge in [0.15, 0.2) is 11.6 Å². The first-order valence-corrected chi connectivity index (χ1v) is 8.89. The lowest BCUT2D eigenvalue weighted by Crippen LogP contribution is -2.45. The Kier molecular flexibility index (Phi) is 4.95. The van der Waals surface area contributed by atoms with Gasteiger partial charge >= 0.3 is 0 Å². The van der Waals surface area contributed by atoms with Gasteiger partial charge in [0.05, 0.1) is 11.4 Å². The number of halogens is 1. The number of likely N-dealkylation sites (N-methyl/N-ethyl adjacent to an activating group) is 1. The van der Waals surface area contributed by atoms with Gasteiger partial charge in [0, 0.05) is 12.5 Å². The summed E-state index contributed by atoms with van der Waals surface area (Å²) in [5.74, 6) is -0.818. The maximum atomic E-state index is 13.8. The maximum Gasteiger partial charge on any atom is 0.238 e. The van der Waals surface area contributed by atoms with Gasteiger partial charge in [-0.15, -0.1) is 0 Å². The molecular formula is C15H21FN2O4S. The molecule has 8 heteroatoms. The van der Waals surface area contributed by atoms with Crippen molar-refractivity contribution in [3.63, 3.8) is 0 Å². The van der Waals surface area contributed by atoms with Gasteiger partial charge < -0.3 is 9.64 Å². The number of primary sulfonamides is 1. The zero-order valence-corrected chi connectivity index (χ0v) is 14.0. The number of amides is 1. The van der Waals surface area contributed by atoms with E-state index in [4.69, 9.17) is 9.88 Å². The van der Waals surface area contributed by atoms with Gasteiger partial charge in [0.1, 0.15) is 6.61 Å². The highest BCUT2D eigenvalue weighted by atomic mass is 32.2. The molecule has 0 bridgehead atoms. The van der Waals surface area contributed by atoms with E-state index in [1.807, 2.05) is 6.92 Å². The zero-order chi connectivity index (χ0) is 17.3. The fourth-order valence-electron chi connectivity index (χ4n) is 2.55. The van der Waals surface area contributed by atoms with Gasteiger partial charge in [-0.05, 0) is 31.0 Å². The van der Waals surface area contributed by atoms with Crippen LogP contribution in [0.5, 0.6) is 5.75 Å². The Hall–Kier alpha value is -1.67. The third-order valence-corrected chi connectivity index (χ3v) is 5.15. The van der Waals surface area contributed by atoms with E-state index in [1.165, 1.54) is 12.1 Å². The molecule has 1 amide bonds. The lowest BCUT2D eigenvalue weighted by atomic mass is 9.69. The van der Waals surface area contributed by atoms with Crippen LogP contribution >= 0.6 is 0 Å². The highest BCUT2D eigenvalue weighted by Crippen LogP contribution is 2.41. The van der Waals surface area contributed by atoms with Crippen molar-refractivity contribution >= 4 is 15.9 Å². The van der Waals surface area contributed by atoms with Gasteiger partial charge in [-0.2, -0.15) is 0 Å². The summed E-state index contributed by atoms with van der Waals surface area (Å²) in [5.41, 5.74) is -0.281. The Bertz CT molecular complexity index is 701. The fraction of sp³-hybridized carbons (Fsp3) is 0.533. The van der Waals surface area contributed by atoms with Crippen LogP contribution in [0.15, 0.2) is 23.1 Å². The van der Waals surface area contributed by atoms with Crippen molar-refractivity contribution in [3.8, 4) is 5.75 Å². The lowest BCUT2D eigenvalue weighted by molar-refractivity contribution is -0.144. The summed E-state index contributed by atoms with van der Waals surface area (Å²) in [6.07, 6.45) is 2.84. The first-order chi connectivity index (χ1) is 10.6. The van der Waals surface area contributed by atoms with Gasteiger partial charge in [-0.25, -0.2) is 17.9 Å². The first kappa shape index (κ1) is 17.7. The van der Waals surface area contributed by atoms with Crippen LogP contribution in [0.25, 0.3) is 0 Å². The molecule has 128 valence electrons. The second-order valence-electron chi connectivity index (χ2n) is 6.13. The van der Waals surface area contributed by atoms with Crippen molar-refractivity contribution < 1.29 is 22.3 Å². The molecule has 0 saturated heterocycles. The molecule has 0 spiro atoms. The van der Waals surface area contributed by atoms with Crippen molar-refractivity contribution in [2.45, 2.75) is 31.1 Å². The number of ether oxygens (including phenoxy) is 1. The summed E-state index contributed by atoms with van der Waals surface area (Å²) in [5, 5.41) is 4.93. The zero-order valence-electron chi connectivity index (χ0n) is 13.2. The average molecular weight is 344 g/mol. The standard InChI is InChI=1S/C15H21FN2O4S/c1-15(6-3-7-15)14(19)18(2)8-9-22-13-5-4-11(10-12(13)16)23(17,20)21/h4-5,10H,3,6-9H2,1-2H3,(H2,17,20,21). The molecule has 0 unspecified atom stereocenters. The molecule has 2 N–H and O–H groups in total. The SMILES string of the molecule is CN(CCOc1ccc(S(N)(=O)=O)cc1F)C(=O)C1(C)CCC1. The van der Waals surface area contributed by atoms with E-state index in [0.717, 1.165) is 25.3 Å². The lowest BCUT2D eigenvalue weighted by Gasteiger charge is -2.39. The number of hydrogen-bond donors (Lipinski definition) is 1. The molecule has 1 aromatic rings. The topological polar surface area (TPSA) is 89.7 Å². The van der Waals surface area contributed by atoms with Crippen LogP contribution in [0.1, 0.15) is 26.2 Å². The molecule has 1 aliphatic carbocycles. The van der Waals surface area contributed by atoms with Crippen molar-refractivity contribution in [2.24, 2.45) is 10.6 Å². The number of rotatable bonds is 6. The quantitative estimate of drug-likeness (QED) is 0.847. The number of sulfonamides is 1. The summed E-state index contributed by atoms with van der Waals surface area (Å²) in [4.78, 5) is 13.5. The van der Waals surface area contributed by atoms with Crippen LogP contribution in [-0.4, -0.2) is 39.4 Å². The third kappa shape index (κ3) is 4.00. The summed E-state index contributed by atoms with van der Waals surface area (Å²) >= 11 is 0. The molecule has 1 saturated carbocycles. The number of nitrogens with zero attached hydrogens (tertiary/aromatic N) is 1. The molecule has 0 radical (unpaired) electrons. The van der Waals surface area contributed by atoms with Crippen LogP contribution < -0.4 is 9.88 Å². The second-order valence-corrected chi connectivity index (χ2v) is 7.69. The Labute approximate surface area is 135 Å². The van der Waals surface area contributed by atoms with E-state index in [9.17, 15) is 17.6 Å². The summed E-state index contributed by atoms with van der Waals surface area (Å²) in [6, 6.07) is 3.21. The molecule has 0 atom stereocenters. The molecule has 23 heavy (non-hydrogen) atoms. The van der Waals surface area contributed by atoms with E-state index < -0.39 is 15.8 Å². The molecule has 1 aliphatic rings. The van der Waals surface area contributed by atoms with Crippen molar-refractivity contribution in [1.29, 1.82) is 0 Å². The number of carbonyl (C=O) groups excluding carboxylic acids is 1. The number of hydrogen-bond acceptors (Lipinski definition) is 4. The molecule has 6 nitrogen and oxygen atoms in total. The van der Waals surface area contributed by atoms with Gasteiger partial charge in [0.2, 0.25) is 15.9 Å². The molecule has 0 aliphatic heterocycles. The molecule has 0 heterocycles. The highest BCUT2D eigenvalue weighted by Gasteiger charge is 2.40. The molecule has 0 aromatic heterocycles. The minimum absolute atomic E-state index is 0.0670. The van der Waals surface area contributed by atoms with Crippen LogP contribution in [0.4, 0.5) is 4.39 Å². The average Bonchev–Trinajstić information content (AvgIpc) is 2.44. The predicted molar refractivity (Wildman–Crippen MR) is 82.9 cm³/mol. The van der Waals surface area contributed by atoms with E-state index in [1.54, 1.807) is 11.9 Å². The Morgan fingerprint density at radius 2 is 2.09 bits per heavy atom. The van der Waals surface area contributed by atoms with Crippen LogP contribution in [0.3, 0.4) is 0 Å². The number of carbonyl (C=O) groups is 1. The largest absolute Gasteiger partial charge is 0.489 e. The second kappa shape index (κ2) is 6.45. The third-order valence-electron chi connectivity index (χ3n) is 4.24. The van der Waals surface area contributed by atoms with Crippen molar-refractivity contribution in [1.82, 2.24) is 4.90 Å². The summed E-state index contributed by atoms with van der Waals surface area (Å²) < 4.78 is 41.3. The van der Waals surface area contributed by atoms with Crippen LogP contribution in [-0.2, 0) is 14.8 Å². The van der Waals surface area contributed by atoms with Crippen molar-refractivity contribution in [2.75, 3.05) is 20.2 Å². The molecule has 1 aromatic carbocycles. The Morgan fingerprint density at radius 3 is 2.57 bits per heavy atom. The van der Waals surface area contributed by atoms with Crippen LogP contribution in [0, 0.1) is 11.2 Å². The van der Waals surface area contributed by atoms with Crippen molar-refractivity contribution in [3.05, 3.63) is 24.0 Å². The maximum absolute atomic E-state index is 13.8. The van der Waals surface area contributed by atoms with E-state index in [2.05, 4.69) is 0 Å². The number of nitrogens with two attached hydrogens (primary N) is 1. The summed E-state index contributed by atoms with van der Waals surface area (Å²) in [6.45, 7) is 2.39. The Balaban J connectivity index is 1.90. The normalized spacial score (nSPS) is 16.5. The molecule has 1 fully saturated rings. The minimum Gasteiger partial charge on any atom is -0.489 e. The summed E-state index contributed by atoms with van der Waals surface area (Å²) in [7, 11) is -2.26. The minimum atomic E-state index is -3.95. The van der Waals surface area contributed by atoms with Crippen LogP contribution in [0.2, 0.25) is 0 Å². The monoisotopic (exact) mass is 344 g/mol. The van der Waals surface area contributed by atoms with Gasteiger partial charge in [0.25, 0.3) is 0 Å². The van der Waals surface area contributed by atoms with E-state index in [-0.39, 0.29) is 28.6 Å². The van der Waals surface area contributed by atoms with E-state index in [0.29, 0.717) is 6.54 Å². The Morgan fingerprint density at radius 1 is 1.43 bits per heavy atom. The highest BCUT2D eigenvalue weighted by molar-refractivity contribution is 7.89. The van der Waals surface area contributed by atoms with Gasteiger partial charge in [-0.3, -0.25) is 4.79 Å². The first-order valence-electron chi connectivity index (χ1n) is 7.34. The smallest absolute Gasteiger partial charge is 0.238 e. The fourth-order valence-corrected chi connectivity index (χ4v) is 3.08. The van der Waals surface area contributed by atoms with Gasteiger partial charge in [-0.1, -0.05) is 13.3 Å². The molecule has 2 rings (SSSR count).